The van der Waals surface area contributed by atoms with Gasteiger partial charge in [0.15, 0.2) is 5.96 Å². The van der Waals surface area contributed by atoms with Crippen LogP contribution in [0.5, 0.6) is 0 Å². The van der Waals surface area contributed by atoms with Crippen molar-refractivity contribution in [2.75, 3.05) is 13.6 Å². The zero-order chi connectivity index (χ0) is 19.2. The van der Waals surface area contributed by atoms with Crippen molar-refractivity contribution in [1.82, 2.24) is 10.6 Å². The molecule has 6 nitrogen and oxygen atoms in total. The third-order valence-corrected chi connectivity index (χ3v) is 5.96. The maximum absolute atomic E-state index is 11.5. The van der Waals surface area contributed by atoms with Crippen molar-refractivity contribution in [3.05, 3.63) is 29.8 Å². The first kappa shape index (κ1) is 20.7. The summed E-state index contributed by atoms with van der Waals surface area (Å²) in [6, 6.07) is 6.66. The van der Waals surface area contributed by atoms with Crippen LogP contribution in [0.2, 0.25) is 0 Å². The molecule has 26 heavy (non-hydrogen) atoms. The van der Waals surface area contributed by atoms with Crippen LogP contribution < -0.4 is 15.8 Å². The normalized spacial score (nSPS) is 17.5. The fraction of sp³-hybridized carbons (Fsp3) is 0.632. The summed E-state index contributed by atoms with van der Waals surface area (Å²) in [6.07, 6.45) is 6.38. The van der Waals surface area contributed by atoms with E-state index in [1.54, 1.807) is 19.2 Å². The van der Waals surface area contributed by atoms with Crippen LogP contribution in [-0.4, -0.2) is 28.0 Å². The number of rotatable bonds is 7. The SMILES string of the molecule is CN=C(NCc1cccc(S(N)(=O)=O)c1)NCC1(CC(C)C)CCCC1. The summed E-state index contributed by atoms with van der Waals surface area (Å²) in [4.78, 5) is 4.42. The number of hydrogen-bond acceptors (Lipinski definition) is 3. The van der Waals surface area contributed by atoms with Crippen LogP contribution in [0.25, 0.3) is 0 Å². The molecular formula is C19H32N4O2S. The molecule has 1 aromatic carbocycles. The lowest BCUT2D eigenvalue weighted by atomic mass is 9.78. The Labute approximate surface area is 157 Å². The molecule has 0 spiro atoms. The molecule has 4 N–H and O–H groups in total. The van der Waals surface area contributed by atoms with Gasteiger partial charge >= 0.3 is 0 Å². The summed E-state index contributed by atoms with van der Waals surface area (Å²) in [5.41, 5.74) is 1.21. The van der Waals surface area contributed by atoms with Gasteiger partial charge in [0.2, 0.25) is 10.0 Å². The molecule has 0 atom stereocenters. The second kappa shape index (κ2) is 8.86. The summed E-state index contributed by atoms with van der Waals surface area (Å²) in [5.74, 6) is 1.42. The maximum Gasteiger partial charge on any atom is 0.238 e. The largest absolute Gasteiger partial charge is 0.356 e. The minimum Gasteiger partial charge on any atom is -0.356 e. The van der Waals surface area contributed by atoms with Crippen LogP contribution in [0, 0.1) is 11.3 Å². The molecule has 1 aliphatic carbocycles. The Morgan fingerprint density at radius 3 is 2.54 bits per heavy atom. The molecule has 0 aliphatic heterocycles. The van der Waals surface area contributed by atoms with Gasteiger partial charge < -0.3 is 10.6 Å². The highest BCUT2D eigenvalue weighted by Gasteiger charge is 2.34. The average Bonchev–Trinajstić information content (AvgIpc) is 3.02. The minimum atomic E-state index is -3.68. The molecule has 0 unspecified atom stereocenters. The van der Waals surface area contributed by atoms with E-state index in [1.165, 1.54) is 38.2 Å². The van der Waals surface area contributed by atoms with E-state index < -0.39 is 10.0 Å². The highest BCUT2D eigenvalue weighted by Crippen LogP contribution is 2.42. The number of hydrogen-bond donors (Lipinski definition) is 3. The standard InChI is InChI=1S/C19H32N4O2S/c1-15(2)12-19(9-4-5-10-19)14-23-18(21-3)22-13-16-7-6-8-17(11-16)26(20,24)25/h6-8,11,15H,4-5,9-10,12-14H2,1-3H3,(H2,20,24,25)(H2,21,22,23). The second-order valence-corrected chi connectivity index (χ2v) is 9.34. The number of nitrogens with two attached hydrogens (primary N) is 1. The van der Waals surface area contributed by atoms with Crippen LogP contribution in [0.15, 0.2) is 34.2 Å². The molecule has 0 bridgehead atoms. The molecule has 0 heterocycles. The van der Waals surface area contributed by atoms with Gasteiger partial charge in [0.1, 0.15) is 0 Å². The molecule has 1 fully saturated rings. The lowest BCUT2D eigenvalue weighted by Gasteiger charge is -2.32. The first-order valence-electron chi connectivity index (χ1n) is 9.30. The highest BCUT2D eigenvalue weighted by molar-refractivity contribution is 7.89. The molecule has 1 saturated carbocycles. The van der Waals surface area contributed by atoms with Crippen molar-refractivity contribution in [2.24, 2.45) is 21.5 Å². The molecular weight excluding hydrogens is 348 g/mol. The van der Waals surface area contributed by atoms with E-state index in [0.717, 1.165) is 18.1 Å². The number of benzene rings is 1. The molecule has 0 radical (unpaired) electrons. The van der Waals surface area contributed by atoms with Crippen LogP contribution in [0.4, 0.5) is 0 Å². The fourth-order valence-corrected chi connectivity index (χ4v) is 4.54. The Balaban J connectivity index is 1.94. The van der Waals surface area contributed by atoms with Gasteiger partial charge in [-0.3, -0.25) is 4.99 Å². The highest BCUT2D eigenvalue weighted by atomic mass is 32.2. The van der Waals surface area contributed by atoms with E-state index >= 15 is 0 Å². The zero-order valence-corrected chi connectivity index (χ0v) is 16.9. The Morgan fingerprint density at radius 1 is 1.27 bits per heavy atom. The predicted molar refractivity (Wildman–Crippen MR) is 106 cm³/mol. The predicted octanol–water partition coefficient (Wildman–Crippen LogP) is 2.61. The summed E-state index contributed by atoms with van der Waals surface area (Å²) in [5, 5.41) is 11.9. The monoisotopic (exact) mass is 380 g/mol. The van der Waals surface area contributed by atoms with Crippen LogP contribution >= 0.6 is 0 Å². The molecule has 0 aromatic heterocycles. The molecule has 1 aliphatic rings. The topological polar surface area (TPSA) is 96.6 Å². The van der Waals surface area contributed by atoms with Crippen LogP contribution in [0.3, 0.4) is 0 Å². The van der Waals surface area contributed by atoms with E-state index in [4.69, 9.17) is 5.14 Å². The summed E-state index contributed by atoms with van der Waals surface area (Å²) >= 11 is 0. The van der Waals surface area contributed by atoms with Gasteiger partial charge in [0.25, 0.3) is 0 Å². The number of sulfonamides is 1. The smallest absolute Gasteiger partial charge is 0.238 e. The van der Waals surface area contributed by atoms with Gasteiger partial charge in [-0.1, -0.05) is 38.8 Å². The average molecular weight is 381 g/mol. The Bertz CT molecular complexity index is 723. The number of primary sulfonamides is 1. The summed E-state index contributed by atoms with van der Waals surface area (Å²) in [6.45, 7) is 5.97. The number of guanidine groups is 1. The van der Waals surface area contributed by atoms with Crippen molar-refractivity contribution in [3.63, 3.8) is 0 Å². The fourth-order valence-electron chi connectivity index (χ4n) is 3.95. The third-order valence-electron chi connectivity index (χ3n) is 5.05. The quantitative estimate of drug-likeness (QED) is 0.500. The third kappa shape index (κ3) is 5.99. The molecule has 1 aromatic rings. The van der Waals surface area contributed by atoms with Crippen LogP contribution in [-0.2, 0) is 16.6 Å². The number of nitrogens with zero attached hydrogens (tertiary/aromatic N) is 1. The van der Waals surface area contributed by atoms with Crippen molar-refractivity contribution in [2.45, 2.75) is 57.4 Å². The van der Waals surface area contributed by atoms with Crippen molar-refractivity contribution < 1.29 is 8.42 Å². The maximum atomic E-state index is 11.5. The second-order valence-electron chi connectivity index (χ2n) is 7.78. The van der Waals surface area contributed by atoms with Gasteiger partial charge in [0, 0.05) is 20.1 Å². The molecule has 7 heteroatoms. The zero-order valence-electron chi connectivity index (χ0n) is 16.1. The summed E-state index contributed by atoms with van der Waals surface area (Å²) in [7, 11) is -1.93. The molecule has 146 valence electrons. The Kier molecular flexibility index (Phi) is 7.06. The van der Waals surface area contributed by atoms with E-state index in [2.05, 4.69) is 29.5 Å². The van der Waals surface area contributed by atoms with E-state index in [-0.39, 0.29) is 4.90 Å². The van der Waals surface area contributed by atoms with Gasteiger partial charge in [0.05, 0.1) is 4.90 Å². The van der Waals surface area contributed by atoms with E-state index in [9.17, 15) is 8.42 Å². The van der Waals surface area contributed by atoms with Crippen molar-refractivity contribution in [1.29, 1.82) is 0 Å². The number of aliphatic imine (C=N–C) groups is 1. The number of nitrogens with one attached hydrogen (secondary N) is 2. The van der Waals surface area contributed by atoms with Gasteiger partial charge in [-0.25, -0.2) is 13.6 Å². The Hall–Kier alpha value is -1.60. The first-order valence-corrected chi connectivity index (χ1v) is 10.8. The van der Waals surface area contributed by atoms with Crippen molar-refractivity contribution in [3.8, 4) is 0 Å². The minimum absolute atomic E-state index is 0.126. The lowest BCUT2D eigenvalue weighted by Crippen LogP contribution is -2.43. The molecule has 2 rings (SSSR count). The first-order chi connectivity index (χ1) is 12.2. The lowest BCUT2D eigenvalue weighted by molar-refractivity contribution is 0.235. The Morgan fingerprint density at radius 2 is 1.96 bits per heavy atom. The van der Waals surface area contributed by atoms with Gasteiger partial charge in [-0.15, -0.1) is 0 Å². The summed E-state index contributed by atoms with van der Waals surface area (Å²) < 4.78 is 22.9. The molecule has 0 saturated heterocycles. The van der Waals surface area contributed by atoms with Gasteiger partial charge in [-0.05, 0) is 48.3 Å². The van der Waals surface area contributed by atoms with E-state index in [1.807, 2.05) is 6.07 Å². The van der Waals surface area contributed by atoms with E-state index in [0.29, 0.717) is 17.9 Å². The van der Waals surface area contributed by atoms with Crippen molar-refractivity contribution >= 4 is 16.0 Å². The molecule has 0 amide bonds. The van der Waals surface area contributed by atoms with Crippen LogP contribution in [0.1, 0.15) is 51.5 Å². The van der Waals surface area contributed by atoms with Gasteiger partial charge in [-0.2, -0.15) is 0 Å².